The average molecular weight is 422 g/mol. The minimum atomic E-state index is -4.44. The molecule has 0 bridgehead atoms. The number of carbonyl (C=O) groups excluding carboxylic acids is 1. The lowest BCUT2D eigenvalue weighted by atomic mass is 10.1. The average Bonchev–Trinajstić information content (AvgIpc) is 2.66. The second-order valence-corrected chi connectivity index (χ2v) is 6.76. The number of carbonyl (C=O) groups is 1. The Morgan fingerprint density at radius 3 is 2.45 bits per heavy atom. The lowest BCUT2D eigenvalue weighted by molar-refractivity contribution is -0.137. The first kappa shape index (κ1) is 20.6. The minimum Gasteiger partial charge on any atom is -0.324 e. The van der Waals surface area contributed by atoms with Gasteiger partial charge in [0.25, 0.3) is 5.56 Å². The molecule has 0 aliphatic carbocycles. The van der Waals surface area contributed by atoms with Crippen LogP contribution >= 0.6 is 11.6 Å². The van der Waals surface area contributed by atoms with Crippen molar-refractivity contribution in [3.05, 3.63) is 81.4 Å². The van der Waals surface area contributed by atoms with Gasteiger partial charge in [-0.1, -0.05) is 29.8 Å². The van der Waals surface area contributed by atoms with Crippen LogP contribution < -0.4 is 10.9 Å². The summed E-state index contributed by atoms with van der Waals surface area (Å²) in [6, 6.07) is 10.5. The van der Waals surface area contributed by atoms with Crippen molar-refractivity contribution in [1.29, 1.82) is 0 Å². The molecule has 0 unspecified atom stereocenters. The SMILES string of the molecule is Cc1ccc(Cl)cc1NC(=O)Cn1cnc(-c2ccc(C(F)(F)F)cc2)cc1=O. The normalized spacial score (nSPS) is 11.3. The van der Waals surface area contributed by atoms with Gasteiger partial charge in [0.1, 0.15) is 6.54 Å². The van der Waals surface area contributed by atoms with E-state index in [1.807, 2.05) is 0 Å². The molecule has 29 heavy (non-hydrogen) atoms. The van der Waals surface area contributed by atoms with E-state index >= 15 is 0 Å². The molecular weight excluding hydrogens is 407 g/mol. The molecule has 3 aromatic rings. The van der Waals surface area contributed by atoms with Gasteiger partial charge in [-0.25, -0.2) is 4.98 Å². The number of hydrogen-bond donors (Lipinski definition) is 1. The third-order valence-corrected chi connectivity index (χ3v) is 4.41. The predicted molar refractivity (Wildman–Crippen MR) is 104 cm³/mol. The van der Waals surface area contributed by atoms with Crippen molar-refractivity contribution in [3.63, 3.8) is 0 Å². The van der Waals surface area contributed by atoms with Crippen LogP contribution in [-0.4, -0.2) is 15.5 Å². The van der Waals surface area contributed by atoms with Crippen LogP contribution in [0.5, 0.6) is 0 Å². The molecule has 1 heterocycles. The van der Waals surface area contributed by atoms with Crippen LogP contribution in [0, 0.1) is 6.92 Å². The van der Waals surface area contributed by atoms with Gasteiger partial charge in [-0.2, -0.15) is 13.2 Å². The van der Waals surface area contributed by atoms with Crippen LogP contribution in [0.4, 0.5) is 18.9 Å². The van der Waals surface area contributed by atoms with Crippen molar-refractivity contribution < 1.29 is 18.0 Å². The maximum atomic E-state index is 12.6. The molecule has 0 atom stereocenters. The van der Waals surface area contributed by atoms with Gasteiger partial charge < -0.3 is 5.32 Å². The summed E-state index contributed by atoms with van der Waals surface area (Å²) in [5.74, 6) is -0.443. The Morgan fingerprint density at radius 2 is 1.83 bits per heavy atom. The molecule has 0 fully saturated rings. The van der Waals surface area contributed by atoms with Crippen molar-refractivity contribution in [3.8, 4) is 11.3 Å². The number of aromatic nitrogens is 2. The van der Waals surface area contributed by atoms with Crippen LogP contribution in [0.25, 0.3) is 11.3 Å². The fourth-order valence-electron chi connectivity index (χ4n) is 2.61. The number of anilines is 1. The van der Waals surface area contributed by atoms with E-state index in [2.05, 4.69) is 10.3 Å². The van der Waals surface area contributed by atoms with E-state index in [0.29, 0.717) is 16.3 Å². The highest BCUT2D eigenvalue weighted by atomic mass is 35.5. The Bertz CT molecular complexity index is 1110. The number of aryl methyl sites for hydroxylation is 1. The van der Waals surface area contributed by atoms with E-state index in [1.165, 1.54) is 24.5 Å². The van der Waals surface area contributed by atoms with Gasteiger partial charge in [0.05, 0.1) is 17.6 Å². The van der Waals surface area contributed by atoms with Crippen LogP contribution in [0.2, 0.25) is 5.02 Å². The number of amides is 1. The summed E-state index contributed by atoms with van der Waals surface area (Å²) in [5.41, 5.74) is 0.624. The molecular formula is C20H15ClF3N3O2. The molecule has 150 valence electrons. The number of rotatable bonds is 4. The van der Waals surface area contributed by atoms with Gasteiger partial charge in [0.15, 0.2) is 0 Å². The molecule has 0 saturated carbocycles. The standard InChI is InChI=1S/C20H15ClF3N3O2/c1-12-2-7-15(21)8-16(12)26-18(28)10-27-11-25-17(9-19(27)29)13-3-5-14(6-4-13)20(22,23)24/h2-9,11H,10H2,1H3,(H,26,28). The molecule has 1 N–H and O–H groups in total. The second-order valence-electron chi connectivity index (χ2n) is 6.32. The predicted octanol–water partition coefficient (Wildman–Crippen LogP) is 4.53. The molecule has 5 nitrogen and oxygen atoms in total. The Kier molecular flexibility index (Phi) is 5.74. The summed E-state index contributed by atoms with van der Waals surface area (Å²) in [7, 11) is 0. The molecule has 0 radical (unpaired) electrons. The van der Waals surface area contributed by atoms with Crippen LogP contribution in [0.1, 0.15) is 11.1 Å². The number of hydrogen-bond acceptors (Lipinski definition) is 3. The second kappa shape index (κ2) is 8.08. The van der Waals surface area contributed by atoms with Gasteiger partial charge in [0.2, 0.25) is 5.91 Å². The van der Waals surface area contributed by atoms with Gasteiger partial charge in [0, 0.05) is 22.3 Å². The lowest BCUT2D eigenvalue weighted by Crippen LogP contribution is -2.27. The van der Waals surface area contributed by atoms with Crippen LogP contribution in [-0.2, 0) is 17.5 Å². The summed E-state index contributed by atoms with van der Waals surface area (Å²) in [6.45, 7) is 1.53. The molecule has 0 saturated heterocycles. The molecule has 1 amide bonds. The summed E-state index contributed by atoms with van der Waals surface area (Å²) in [6.07, 6.45) is -3.26. The zero-order valence-electron chi connectivity index (χ0n) is 15.1. The van der Waals surface area contributed by atoms with E-state index in [0.717, 1.165) is 22.3 Å². The maximum Gasteiger partial charge on any atom is 0.416 e. The van der Waals surface area contributed by atoms with E-state index in [4.69, 9.17) is 11.6 Å². The number of nitrogens with zero attached hydrogens (tertiary/aromatic N) is 2. The summed E-state index contributed by atoms with van der Waals surface area (Å²) < 4.78 is 39.0. The fraction of sp³-hybridized carbons (Fsp3) is 0.150. The Morgan fingerprint density at radius 1 is 1.14 bits per heavy atom. The topological polar surface area (TPSA) is 64.0 Å². The first-order valence-electron chi connectivity index (χ1n) is 8.43. The molecule has 9 heteroatoms. The Labute approximate surface area is 168 Å². The summed E-state index contributed by atoms with van der Waals surface area (Å²) >= 11 is 5.92. The highest BCUT2D eigenvalue weighted by molar-refractivity contribution is 6.31. The van der Waals surface area contributed by atoms with Gasteiger partial charge in [-0.3, -0.25) is 14.2 Å². The Hall–Kier alpha value is -3.13. The monoisotopic (exact) mass is 421 g/mol. The number of nitrogens with one attached hydrogen (secondary N) is 1. The first-order chi connectivity index (χ1) is 13.6. The van der Waals surface area contributed by atoms with E-state index in [1.54, 1.807) is 25.1 Å². The number of halogens is 4. The zero-order valence-corrected chi connectivity index (χ0v) is 15.9. The summed E-state index contributed by atoms with van der Waals surface area (Å²) in [4.78, 5) is 28.6. The highest BCUT2D eigenvalue weighted by Crippen LogP contribution is 2.30. The van der Waals surface area contributed by atoms with Crippen molar-refractivity contribution in [2.75, 3.05) is 5.32 Å². The molecule has 3 rings (SSSR count). The van der Waals surface area contributed by atoms with Crippen LogP contribution in [0.15, 0.2) is 59.7 Å². The molecule has 0 spiro atoms. The third-order valence-electron chi connectivity index (χ3n) is 4.18. The van der Waals surface area contributed by atoms with Gasteiger partial charge in [-0.15, -0.1) is 0 Å². The highest BCUT2D eigenvalue weighted by Gasteiger charge is 2.30. The maximum absolute atomic E-state index is 12.6. The molecule has 0 aliphatic heterocycles. The number of alkyl halides is 3. The van der Waals surface area contributed by atoms with Crippen molar-refractivity contribution in [1.82, 2.24) is 9.55 Å². The molecule has 2 aromatic carbocycles. The van der Waals surface area contributed by atoms with Crippen LogP contribution in [0.3, 0.4) is 0 Å². The zero-order chi connectivity index (χ0) is 21.2. The quantitative estimate of drug-likeness (QED) is 0.673. The number of benzene rings is 2. The van der Waals surface area contributed by atoms with E-state index in [-0.39, 0.29) is 12.2 Å². The minimum absolute atomic E-state index is 0.214. The van der Waals surface area contributed by atoms with Crippen molar-refractivity contribution in [2.24, 2.45) is 0 Å². The van der Waals surface area contributed by atoms with Crippen molar-refractivity contribution in [2.45, 2.75) is 19.6 Å². The molecule has 1 aromatic heterocycles. The lowest BCUT2D eigenvalue weighted by Gasteiger charge is -2.11. The summed E-state index contributed by atoms with van der Waals surface area (Å²) in [5, 5.41) is 3.14. The smallest absolute Gasteiger partial charge is 0.324 e. The Balaban J connectivity index is 1.75. The van der Waals surface area contributed by atoms with E-state index in [9.17, 15) is 22.8 Å². The van der Waals surface area contributed by atoms with Gasteiger partial charge >= 0.3 is 6.18 Å². The largest absolute Gasteiger partial charge is 0.416 e. The van der Waals surface area contributed by atoms with E-state index < -0.39 is 23.2 Å². The fourth-order valence-corrected chi connectivity index (χ4v) is 2.78. The van der Waals surface area contributed by atoms with Crippen molar-refractivity contribution >= 4 is 23.2 Å². The van der Waals surface area contributed by atoms with Gasteiger partial charge in [-0.05, 0) is 36.8 Å². The first-order valence-corrected chi connectivity index (χ1v) is 8.81. The third kappa shape index (κ3) is 5.03. The molecule has 0 aliphatic rings.